The minimum Gasteiger partial charge on any atom is -0.355 e. The molecule has 5 heteroatoms. The van der Waals surface area contributed by atoms with Crippen LogP contribution < -0.4 is 10.6 Å². The molecule has 0 aromatic rings. The van der Waals surface area contributed by atoms with Crippen molar-refractivity contribution in [2.45, 2.75) is 53.5 Å². The van der Waals surface area contributed by atoms with Crippen LogP contribution in [0, 0.1) is 11.3 Å². The average molecular weight is 297 g/mol. The molecule has 0 bridgehead atoms. The summed E-state index contributed by atoms with van der Waals surface area (Å²) in [6, 6.07) is 0.216. The maximum absolute atomic E-state index is 12.2. The Morgan fingerprint density at radius 3 is 2.43 bits per heavy atom. The Hall–Kier alpha value is -1.10. The number of hydrogen-bond acceptors (Lipinski definition) is 3. The predicted octanol–water partition coefficient (Wildman–Crippen LogP) is 1.39. The van der Waals surface area contributed by atoms with Crippen LogP contribution in [0.4, 0.5) is 0 Å². The predicted molar refractivity (Wildman–Crippen MR) is 84.9 cm³/mol. The minimum absolute atomic E-state index is 0.0108. The van der Waals surface area contributed by atoms with Crippen molar-refractivity contribution in [2.24, 2.45) is 11.3 Å². The van der Waals surface area contributed by atoms with E-state index in [0.717, 1.165) is 32.5 Å². The van der Waals surface area contributed by atoms with E-state index in [4.69, 9.17) is 0 Å². The summed E-state index contributed by atoms with van der Waals surface area (Å²) < 4.78 is 0. The minimum atomic E-state index is -0.347. The van der Waals surface area contributed by atoms with E-state index in [1.54, 1.807) is 0 Å². The Morgan fingerprint density at radius 1 is 1.24 bits per heavy atom. The first-order chi connectivity index (χ1) is 9.72. The smallest absolute Gasteiger partial charge is 0.225 e. The summed E-state index contributed by atoms with van der Waals surface area (Å²) in [5.74, 6) is 0.740. The van der Waals surface area contributed by atoms with Gasteiger partial charge in [0.1, 0.15) is 0 Å². The van der Waals surface area contributed by atoms with Crippen LogP contribution in [-0.2, 0) is 9.59 Å². The quantitative estimate of drug-likeness (QED) is 0.806. The monoisotopic (exact) mass is 297 g/mol. The van der Waals surface area contributed by atoms with E-state index in [2.05, 4.69) is 22.5 Å². The third-order valence-electron chi connectivity index (χ3n) is 4.01. The summed E-state index contributed by atoms with van der Waals surface area (Å²) in [4.78, 5) is 25.4. The standard InChI is InChI=1S/C16H31N3O2/c1-6-13-9-14(18-15(21)16(3,4)5)11-19(10-13)8-7-17-12(2)20/h13-14H,6-11H2,1-5H3,(H,17,20)(H,18,21). The summed E-state index contributed by atoms with van der Waals surface area (Å²) in [6.45, 7) is 13.0. The van der Waals surface area contributed by atoms with Gasteiger partial charge in [-0.3, -0.25) is 14.5 Å². The summed E-state index contributed by atoms with van der Waals surface area (Å²) >= 11 is 0. The molecule has 0 aliphatic carbocycles. The molecule has 0 aromatic carbocycles. The molecule has 2 N–H and O–H groups in total. The van der Waals surface area contributed by atoms with Crippen LogP contribution in [0.15, 0.2) is 0 Å². The lowest BCUT2D eigenvalue weighted by Crippen LogP contribution is -2.53. The number of hydrogen-bond donors (Lipinski definition) is 2. The van der Waals surface area contributed by atoms with E-state index in [1.165, 1.54) is 6.92 Å². The Kier molecular flexibility index (Phi) is 6.65. The van der Waals surface area contributed by atoms with Gasteiger partial charge in [-0.2, -0.15) is 0 Å². The van der Waals surface area contributed by atoms with E-state index >= 15 is 0 Å². The Bertz CT molecular complexity index is 363. The number of likely N-dealkylation sites (tertiary alicyclic amines) is 1. The van der Waals surface area contributed by atoms with Crippen molar-refractivity contribution in [3.05, 3.63) is 0 Å². The molecule has 0 radical (unpaired) electrons. The number of piperidine rings is 1. The second-order valence-electron chi connectivity index (χ2n) is 7.17. The molecule has 2 unspecified atom stereocenters. The van der Waals surface area contributed by atoms with Gasteiger partial charge in [-0.15, -0.1) is 0 Å². The van der Waals surface area contributed by atoms with E-state index in [1.807, 2.05) is 20.8 Å². The van der Waals surface area contributed by atoms with Crippen molar-refractivity contribution >= 4 is 11.8 Å². The van der Waals surface area contributed by atoms with Gasteiger partial charge in [-0.25, -0.2) is 0 Å². The molecule has 1 fully saturated rings. The normalized spacial score (nSPS) is 23.7. The Labute approximate surface area is 128 Å². The second kappa shape index (κ2) is 7.78. The zero-order valence-corrected chi connectivity index (χ0v) is 14.2. The Balaban J connectivity index is 2.52. The summed E-state index contributed by atoms with van der Waals surface area (Å²) in [5.41, 5.74) is -0.347. The third kappa shape index (κ3) is 6.46. The molecule has 1 saturated heterocycles. The lowest BCUT2D eigenvalue weighted by Gasteiger charge is -2.38. The van der Waals surface area contributed by atoms with E-state index in [9.17, 15) is 9.59 Å². The van der Waals surface area contributed by atoms with Crippen molar-refractivity contribution in [3.8, 4) is 0 Å². The lowest BCUT2D eigenvalue weighted by atomic mass is 9.90. The van der Waals surface area contributed by atoms with Crippen LogP contribution in [0.25, 0.3) is 0 Å². The number of carbonyl (C=O) groups is 2. The highest BCUT2D eigenvalue weighted by molar-refractivity contribution is 5.81. The van der Waals surface area contributed by atoms with Crippen LogP contribution in [0.5, 0.6) is 0 Å². The number of amides is 2. The fraction of sp³-hybridized carbons (Fsp3) is 0.875. The summed E-state index contributed by atoms with van der Waals surface area (Å²) in [7, 11) is 0. The fourth-order valence-corrected chi connectivity index (χ4v) is 2.68. The van der Waals surface area contributed by atoms with Gasteiger partial charge >= 0.3 is 0 Å². The van der Waals surface area contributed by atoms with Gasteiger partial charge < -0.3 is 10.6 Å². The summed E-state index contributed by atoms with van der Waals surface area (Å²) in [6.07, 6.45) is 2.17. The molecule has 122 valence electrons. The van der Waals surface area contributed by atoms with Gasteiger partial charge in [0.15, 0.2) is 0 Å². The zero-order valence-electron chi connectivity index (χ0n) is 14.2. The van der Waals surface area contributed by atoms with Crippen LogP contribution in [0.1, 0.15) is 47.5 Å². The molecule has 1 heterocycles. The zero-order chi connectivity index (χ0) is 16.0. The molecule has 0 aromatic heterocycles. The summed E-state index contributed by atoms with van der Waals surface area (Å²) in [5, 5.41) is 6.02. The maximum atomic E-state index is 12.2. The van der Waals surface area contributed by atoms with Gasteiger partial charge in [0.25, 0.3) is 0 Å². The molecular weight excluding hydrogens is 266 g/mol. The highest BCUT2D eigenvalue weighted by Gasteiger charge is 2.30. The van der Waals surface area contributed by atoms with Crippen molar-refractivity contribution in [2.75, 3.05) is 26.2 Å². The second-order valence-corrected chi connectivity index (χ2v) is 7.17. The molecular formula is C16H31N3O2. The van der Waals surface area contributed by atoms with Crippen molar-refractivity contribution in [1.29, 1.82) is 0 Å². The molecule has 5 nitrogen and oxygen atoms in total. The Morgan fingerprint density at radius 2 is 1.90 bits per heavy atom. The number of nitrogens with one attached hydrogen (secondary N) is 2. The van der Waals surface area contributed by atoms with Gasteiger partial charge in [-0.1, -0.05) is 34.1 Å². The van der Waals surface area contributed by atoms with Crippen LogP contribution in [0.3, 0.4) is 0 Å². The van der Waals surface area contributed by atoms with Crippen LogP contribution in [0.2, 0.25) is 0 Å². The lowest BCUT2D eigenvalue weighted by molar-refractivity contribution is -0.129. The van der Waals surface area contributed by atoms with E-state index in [0.29, 0.717) is 12.5 Å². The third-order valence-corrected chi connectivity index (χ3v) is 4.01. The van der Waals surface area contributed by atoms with Gasteiger partial charge in [0.05, 0.1) is 0 Å². The highest BCUT2D eigenvalue weighted by Crippen LogP contribution is 2.21. The number of carbonyl (C=O) groups excluding carboxylic acids is 2. The molecule has 0 saturated carbocycles. The van der Waals surface area contributed by atoms with Crippen molar-refractivity contribution in [1.82, 2.24) is 15.5 Å². The topological polar surface area (TPSA) is 61.4 Å². The van der Waals surface area contributed by atoms with Gasteiger partial charge in [0.2, 0.25) is 11.8 Å². The number of nitrogens with zero attached hydrogens (tertiary/aromatic N) is 1. The molecule has 1 aliphatic rings. The van der Waals surface area contributed by atoms with E-state index in [-0.39, 0.29) is 23.3 Å². The number of rotatable bonds is 5. The first-order valence-corrected chi connectivity index (χ1v) is 8.00. The maximum Gasteiger partial charge on any atom is 0.225 e. The SMILES string of the molecule is CCC1CC(NC(=O)C(C)(C)C)CN(CCNC(C)=O)C1. The van der Waals surface area contributed by atoms with Crippen molar-refractivity contribution in [3.63, 3.8) is 0 Å². The molecule has 1 aliphatic heterocycles. The molecule has 0 spiro atoms. The van der Waals surface area contributed by atoms with Crippen LogP contribution in [-0.4, -0.2) is 48.9 Å². The molecule has 2 atom stereocenters. The largest absolute Gasteiger partial charge is 0.355 e. The molecule has 2 amide bonds. The average Bonchev–Trinajstić information content (AvgIpc) is 2.36. The fourth-order valence-electron chi connectivity index (χ4n) is 2.68. The molecule has 1 rings (SSSR count). The first kappa shape index (κ1) is 18.0. The molecule has 21 heavy (non-hydrogen) atoms. The van der Waals surface area contributed by atoms with Crippen molar-refractivity contribution < 1.29 is 9.59 Å². The first-order valence-electron chi connectivity index (χ1n) is 8.00. The highest BCUT2D eigenvalue weighted by atomic mass is 16.2. The van der Waals surface area contributed by atoms with E-state index < -0.39 is 0 Å². The van der Waals surface area contributed by atoms with Crippen LogP contribution >= 0.6 is 0 Å². The van der Waals surface area contributed by atoms with Gasteiger partial charge in [0, 0.05) is 44.6 Å². The van der Waals surface area contributed by atoms with Gasteiger partial charge in [-0.05, 0) is 12.3 Å².